The van der Waals surface area contributed by atoms with Crippen LogP contribution in [0, 0.1) is 16.0 Å². The van der Waals surface area contributed by atoms with Crippen molar-refractivity contribution in [1.82, 2.24) is 5.32 Å². The Labute approximate surface area is 102 Å². The molecule has 7 heteroatoms. The molecule has 1 heterocycles. The number of hydrogen-bond donors (Lipinski definition) is 2. The summed E-state index contributed by atoms with van der Waals surface area (Å²) in [4.78, 5) is 21.6. The van der Waals surface area contributed by atoms with Gasteiger partial charge in [-0.05, 0) is 18.8 Å². The molecule has 1 unspecified atom stereocenters. The third-order valence-electron chi connectivity index (χ3n) is 2.75. The van der Waals surface area contributed by atoms with Gasteiger partial charge in [-0.25, -0.2) is 0 Å². The molecule has 0 spiro atoms. The minimum Gasteiger partial charge on any atom is -0.350 e. The number of thiophene rings is 1. The average Bonchev–Trinajstić information content (AvgIpc) is 3.02. The molecule has 6 nitrogen and oxygen atoms in total. The number of hydrogen-bond acceptors (Lipinski definition) is 5. The van der Waals surface area contributed by atoms with Gasteiger partial charge in [0.1, 0.15) is 0 Å². The van der Waals surface area contributed by atoms with Crippen LogP contribution in [0.4, 0.5) is 5.00 Å². The minimum atomic E-state index is -0.503. The van der Waals surface area contributed by atoms with Crippen LogP contribution in [0.5, 0.6) is 0 Å². The van der Waals surface area contributed by atoms with E-state index >= 15 is 0 Å². The highest BCUT2D eigenvalue weighted by molar-refractivity contribution is 7.13. The Morgan fingerprint density at radius 2 is 2.41 bits per heavy atom. The Morgan fingerprint density at radius 1 is 1.71 bits per heavy atom. The zero-order valence-electron chi connectivity index (χ0n) is 9.09. The van der Waals surface area contributed by atoms with Gasteiger partial charge in [-0.3, -0.25) is 14.9 Å². The molecule has 0 aliphatic heterocycles. The van der Waals surface area contributed by atoms with Crippen LogP contribution in [0.2, 0.25) is 0 Å². The molecule has 0 saturated heterocycles. The van der Waals surface area contributed by atoms with Crippen LogP contribution in [0.3, 0.4) is 0 Å². The van der Waals surface area contributed by atoms with Crippen molar-refractivity contribution >= 4 is 22.2 Å². The molecule has 17 heavy (non-hydrogen) atoms. The van der Waals surface area contributed by atoms with Gasteiger partial charge in [-0.1, -0.05) is 11.3 Å². The van der Waals surface area contributed by atoms with E-state index in [2.05, 4.69) is 5.32 Å². The summed E-state index contributed by atoms with van der Waals surface area (Å²) >= 11 is 0.948. The maximum Gasteiger partial charge on any atom is 0.324 e. The Hall–Kier alpha value is -1.47. The molecule has 1 aliphatic carbocycles. The molecule has 1 amide bonds. The molecule has 2 rings (SSSR count). The standard InChI is InChI=1S/C10H13N3O3S/c11-8(6-1-2-6)4-12-10(14)7-3-9(13(15)16)17-5-7/h3,5-6,8H,1-2,4,11H2,(H,12,14). The van der Waals surface area contributed by atoms with E-state index in [1.807, 2.05) is 0 Å². The SMILES string of the molecule is NC(CNC(=O)c1csc([N+](=O)[O-])c1)C1CC1. The first-order chi connectivity index (χ1) is 8.08. The summed E-state index contributed by atoms with van der Waals surface area (Å²) in [6.07, 6.45) is 2.25. The average molecular weight is 255 g/mol. The second-order valence-corrected chi connectivity index (χ2v) is 5.03. The molecular weight excluding hydrogens is 242 g/mol. The monoisotopic (exact) mass is 255 g/mol. The molecule has 0 bridgehead atoms. The van der Waals surface area contributed by atoms with Gasteiger partial charge in [0.05, 0.1) is 10.5 Å². The van der Waals surface area contributed by atoms with E-state index in [4.69, 9.17) is 5.73 Å². The van der Waals surface area contributed by atoms with Crippen LogP contribution in [-0.2, 0) is 0 Å². The van der Waals surface area contributed by atoms with Crippen molar-refractivity contribution < 1.29 is 9.72 Å². The summed E-state index contributed by atoms with van der Waals surface area (Å²) in [5.41, 5.74) is 6.16. The summed E-state index contributed by atoms with van der Waals surface area (Å²) in [5, 5.41) is 14.6. The number of carbonyl (C=O) groups is 1. The molecule has 3 N–H and O–H groups in total. The molecule has 1 aromatic rings. The molecule has 92 valence electrons. The van der Waals surface area contributed by atoms with Gasteiger partial charge < -0.3 is 11.1 Å². The summed E-state index contributed by atoms with van der Waals surface area (Å²) in [6, 6.07) is 1.27. The summed E-state index contributed by atoms with van der Waals surface area (Å²) < 4.78 is 0. The van der Waals surface area contributed by atoms with Crippen molar-refractivity contribution in [2.75, 3.05) is 6.54 Å². The van der Waals surface area contributed by atoms with Crippen LogP contribution < -0.4 is 11.1 Å². The summed E-state index contributed by atoms with van der Waals surface area (Å²) in [7, 11) is 0. The maximum absolute atomic E-state index is 11.6. The van der Waals surface area contributed by atoms with Gasteiger partial charge >= 0.3 is 5.00 Å². The Kier molecular flexibility index (Phi) is 3.39. The van der Waals surface area contributed by atoms with Gasteiger partial charge in [-0.2, -0.15) is 0 Å². The third kappa shape index (κ3) is 3.01. The highest BCUT2D eigenvalue weighted by Crippen LogP contribution is 2.31. The number of carbonyl (C=O) groups excluding carboxylic acids is 1. The van der Waals surface area contributed by atoms with Crippen LogP contribution in [-0.4, -0.2) is 23.4 Å². The maximum atomic E-state index is 11.6. The fraction of sp³-hybridized carbons (Fsp3) is 0.500. The Morgan fingerprint density at radius 3 is 2.94 bits per heavy atom. The van der Waals surface area contributed by atoms with E-state index in [0.29, 0.717) is 18.0 Å². The zero-order valence-corrected chi connectivity index (χ0v) is 9.90. The van der Waals surface area contributed by atoms with Crippen LogP contribution >= 0.6 is 11.3 Å². The van der Waals surface area contributed by atoms with Crippen molar-refractivity contribution in [2.24, 2.45) is 11.7 Å². The topological polar surface area (TPSA) is 98.3 Å². The van der Waals surface area contributed by atoms with Gasteiger partial charge in [-0.15, -0.1) is 0 Å². The lowest BCUT2D eigenvalue weighted by Crippen LogP contribution is -2.38. The fourth-order valence-electron chi connectivity index (χ4n) is 1.54. The lowest BCUT2D eigenvalue weighted by atomic mass is 10.2. The Bertz CT molecular complexity index is 442. The highest BCUT2D eigenvalue weighted by atomic mass is 32.1. The number of nitrogens with zero attached hydrogens (tertiary/aromatic N) is 1. The first-order valence-electron chi connectivity index (χ1n) is 5.34. The predicted octanol–water partition coefficient (Wildman–Crippen LogP) is 1.12. The van der Waals surface area contributed by atoms with E-state index < -0.39 is 4.92 Å². The summed E-state index contributed by atoms with van der Waals surface area (Å²) in [5.74, 6) is 0.220. The van der Waals surface area contributed by atoms with Gasteiger partial charge in [0.2, 0.25) is 0 Å². The first kappa shape index (κ1) is 12.0. The lowest BCUT2D eigenvalue weighted by Gasteiger charge is -2.10. The first-order valence-corrected chi connectivity index (χ1v) is 6.22. The van der Waals surface area contributed by atoms with Crippen LogP contribution in [0.15, 0.2) is 11.4 Å². The predicted molar refractivity (Wildman–Crippen MR) is 64.0 cm³/mol. The van der Waals surface area contributed by atoms with Crippen LogP contribution in [0.25, 0.3) is 0 Å². The van der Waals surface area contributed by atoms with Crippen molar-refractivity contribution in [3.63, 3.8) is 0 Å². The number of nitro groups is 1. The third-order valence-corrected chi connectivity index (χ3v) is 3.63. The largest absolute Gasteiger partial charge is 0.350 e. The summed E-state index contributed by atoms with van der Waals surface area (Å²) in [6.45, 7) is 0.424. The Balaban J connectivity index is 1.87. The smallest absolute Gasteiger partial charge is 0.324 e. The van der Waals surface area contributed by atoms with Gasteiger partial charge in [0, 0.05) is 24.0 Å². The molecule has 1 aromatic heterocycles. The molecular formula is C10H13N3O3S. The van der Waals surface area contributed by atoms with E-state index in [1.54, 1.807) is 0 Å². The number of nitrogens with one attached hydrogen (secondary N) is 1. The second-order valence-electron chi connectivity index (χ2n) is 4.14. The molecule has 1 saturated carbocycles. The molecule has 0 radical (unpaired) electrons. The molecule has 1 aliphatic rings. The zero-order chi connectivity index (χ0) is 12.4. The van der Waals surface area contributed by atoms with Crippen molar-refractivity contribution in [3.05, 3.63) is 27.1 Å². The number of amides is 1. The number of rotatable bonds is 5. The lowest BCUT2D eigenvalue weighted by molar-refractivity contribution is -0.380. The van der Waals surface area contributed by atoms with Crippen molar-refractivity contribution in [2.45, 2.75) is 18.9 Å². The van der Waals surface area contributed by atoms with E-state index in [1.165, 1.54) is 11.4 Å². The normalized spacial score (nSPS) is 16.5. The van der Waals surface area contributed by atoms with E-state index in [9.17, 15) is 14.9 Å². The van der Waals surface area contributed by atoms with Gasteiger partial charge in [0.15, 0.2) is 0 Å². The highest BCUT2D eigenvalue weighted by Gasteiger charge is 2.28. The molecule has 0 aromatic carbocycles. The van der Waals surface area contributed by atoms with Crippen LogP contribution in [0.1, 0.15) is 23.2 Å². The van der Waals surface area contributed by atoms with Gasteiger partial charge in [0.25, 0.3) is 5.91 Å². The van der Waals surface area contributed by atoms with E-state index in [0.717, 1.165) is 24.2 Å². The van der Waals surface area contributed by atoms with Crippen molar-refractivity contribution in [3.8, 4) is 0 Å². The molecule has 1 atom stereocenters. The number of nitrogens with two attached hydrogens (primary N) is 1. The quantitative estimate of drug-likeness (QED) is 0.608. The minimum absolute atomic E-state index is 0.00688. The second kappa shape index (κ2) is 4.80. The van der Waals surface area contributed by atoms with Crippen molar-refractivity contribution in [1.29, 1.82) is 0 Å². The van der Waals surface area contributed by atoms with E-state index in [-0.39, 0.29) is 17.0 Å². The fourth-order valence-corrected chi connectivity index (χ4v) is 2.25. The molecule has 1 fully saturated rings.